The quantitative estimate of drug-likeness (QED) is 0.578. The highest BCUT2D eigenvalue weighted by Crippen LogP contribution is 2.01. The van der Waals surface area contributed by atoms with Crippen LogP contribution in [-0.4, -0.2) is 61.6 Å². The first kappa shape index (κ1) is 18.0. The molecule has 3 N–H and O–H groups in total. The van der Waals surface area contributed by atoms with Crippen LogP contribution in [0.4, 0.5) is 4.79 Å². The van der Waals surface area contributed by atoms with Gasteiger partial charge in [0.2, 0.25) is 0 Å². The second kappa shape index (κ2) is 8.26. The number of carboxylic acid groups (broad SMARTS) is 1. The maximum atomic E-state index is 11.5. The Morgan fingerprint density at radius 1 is 1.32 bits per heavy atom. The topological polar surface area (TPSA) is 113 Å². The number of urea groups is 1. The van der Waals surface area contributed by atoms with Crippen LogP contribution in [0.25, 0.3) is 0 Å². The molecule has 0 aromatic heterocycles. The van der Waals surface area contributed by atoms with E-state index in [2.05, 4.69) is 10.6 Å². The lowest BCUT2D eigenvalue weighted by Gasteiger charge is -2.17. The highest BCUT2D eigenvalue weighted by molar-refractivity contribution is 7.98. The van der Waals surface area contributed by atoms with Crippen LogP contribution in [0.15, 0.2) is 0 Å². The van der Waals surface area contributed by atoms with Crippen LogP contribution in [0.3, 0.4) is 0 Å². The Morgan fingerprint density at radius 2 is 1.89 bits per heavy atom. The molecule has 112 valence electrons. The molecule has 0 saturated carbocycles. The smallest absolute Gasteiger partial charge is 0.326 e. The molecule has 0 fully saturated rings. The molecule has 19 heavy (non-hydrogen) atoms. The molecule has 0 aromatic rings. The van der Waals surface area contributed by atoms with Gasteiger partial charge in [-0.05, 0) is 25.4 Å². The molecular weight excluding hydrogens is 292 g/mol. The van der Waals surface area contributed by atoms with Gasteiger partial charge in [-0.1, -0.05) is 0 Å². The van der Waals surface area contributed by atoms with Crippen molar-refractivity contribution in [1.82, 2.24) is 10.6 Å². The van der Waals surface area contributed by atoms with Crippen LogP contribution in [0.5, 0.6) is 0 Å². The fourth-order valence-corrected chi connectivity index (χ4v) is 2.88. The van der Waals surface area contributed by atoms with Crippen molar-refractivity contribution in [3.63, 3.8) is 0 Å². The van der Waals surface area contributed by atoms with Crippen molar-refractivity contribution in [1.29, 1.82) is 0 Å². The lowest BCUT2D eigenvalue weighted by Crippen LogP contribution is -2.49. The highest BCUT2D eigenvalue weighted by atomic mass is 32.2. The van der Waals surface area contributed by atoms with Crippen molar-refractivity contribution in [2.75, 3.05) is 24.0 Å². The van der Waals surface area contributed by atoms with Crippen molar-refractivity contribution in [3.05, 3.63) is 0 Å². The third-order valence-electron chi connectivity index (χ3n) is 2.14. The van der Waals surface area contributed by atoms with E-state index in [1.807, 2.05) is 6.26 Å². The van der Waals surface area contributed by atoms with Crippen molar-refractivity contribution in [2.45, 2.75) is 25.4 Å². The summed E-state index contributed by atoms with van der Waals surface area (Å²) in [5, 5.41) is 13.6. The predicted molar refractivity (Wildman–Crippen MR) is 75.3 cm³/mol. The van der Waals surface area contributed by atoms with E-state index < -0.39 is 33.9 Å². The first-order valence-electron chi connectivity index (χ1n) is 5.62. The Bertz CT molecular complexity index is 410. The molecule has 0 aromatic carbocycles. The predicted octanol–water partition coefficient (Wildman–Crippen LogP) is -0.0750. The van der Waals surface area contributed by atoms with Crippen LogP contribution < -0.4 is 10.6 Å². The summed E-state index contributed by atoms with van der Waals surface area (Å²) in [6.07, 6.45) is 3.22. The summed E-state index contributed by atoms with van der Waals surface area (Å²) in [4.78, 5) is 22.4. The third-order valence-corrected chi connectivity index (χ3v) is 3.89. The van der Waals surface area contributed by atoms with Gasteiger partial charge in [-0.3, -0.25) is 0 Å². The van der Waals surface area contributed by atoms with Gasteiger partial charge in [0.25, 0.3) is 0 Å². The van der Waals surface area contributed by atoms with Crippen molar-refractivity contribution in [2.24, 2.45) is 0 Å². The maximum absolute atomic E-state index is 11.5. The van der Waals surface area contributed by atoms with Crippen molar-refractivity contribution >= 4 is 33.6 Å². The summed E-state index contributed by atoms with van der Waals surface area (Å²) in [5.41, 5.74) is 0. The van der Waals surface area contributed by atoms with E-state index in [0.29, 0.717) is 12.2 Å². The summed E-state index contributed by atoms with van der Waals surface area (Å²) < 4.78 is 22.1. The van der Waals surface area contributed by atoms with Gasteiger partial charge in [0, 0.05) is 12.3 Å². The van der Waals surface area contributed by atoms with Crippen molar-refractivity contribution < 1.29 is 23.1 Å². The van der Waals surface area contributed by atoms with Crippen molar-refractivity contribution in [3.8, 4) is 0 Å². The van der Waals surface area contributed by atoms with Crippen LogP contribution in [0, 0.1) is 0 Å². The molecule has 2 unspecified atom stereocenters. The Balaban J connectivity index is 4.30. The largest absolute Gasteiger partial charge is 0.480 e. The van der Waals surface area contributed by atoms with Gasteiger partial charge in [0.05, 0.1) is 5.75 Å². The standard InChI is InChI=1S/C10H20N2O5S2/c1-7(6-19(3,16)17)11-10(15)12-8(9(13)14)4-5-18-2/h7-8H,4-6H2,1-3H3,(H,13,14)(H2,11,12,15). The number of sulfone groups is 1. The van der Waals surface area contributed by atoms with Crippen LogP contribution in [0.2, 0.25) is 0 Å². The summed E-state index contributed by atoms with van der Waals surface area (Å²) in [7, 11) is -3.19. The van der Waals surface area contributed by atoms with Gasteiger partial charge in [-0.25, -0.2) is 18.0 Å². The van der Waals surface area contributed by atoms with E-state index in [0.717, 1.165) is 6.26 Å². The van der Waals surface area contributed by atoms with Gasteiger partial charge >= 0.3 is 12.0 Å². The Kier molecular flexibility index (Phi) is 7.84. The van der Waals surface area contributed by atoms with Crippen LogP contribution in [-0.2, 0) is 14.6 Å². The summed E-state index contributed by atoms with van der Waals surface area (Å²) in [6, 6.07) is -2.23. The number of amides is 2. The highest BCUT2D eigenvalue weighted by Gasteiger charge is 2.20. The summed E-state index contributed by atoms with van der Waals surface area (Å²) >= 11 is 1.48. The van der Waals surface area contributed by atoms with Gasteiger partial charge in [-0.2, -0.15) is 11.8 Å². The molecule has 0 heterocycles. The number of rotatable bonds is 8. The number of carbonyl (C=O) groups is 2. The molecule has 2 atom stereocenters. The minimum Gasteiger partial charge on any atom is -0.480 e. The zero-order valence-corrected chi connectivity index (χ0v) is 12.8. The summed E-state index contributed by atoms with van der Waals surface area (Å²) in [6.45, 7) is 1.54. The minimum absolute atomic E-state index is 0.191. The lowest BCUT2D eigenvalue weighted by atomic mass is 10.2. The molecule has 0 bridgehead atoms. The van der Waals surface area contributed by atoms with Crippen LogP contribution in [0.1, 0.15) is 13.3 Å². The molecule has 0 aliphatic heterocycles. The fraction of sp³-hybridized carbons (Fsp3) is 0.800. The molecular formula is C10H20N2O5S2. The second-order valence-corrected chi connectivity index (χ2v) is 7.45. The Morgan fingerprint density at radius 3 is 2.32 bits per heavy atom. The molecule has 9 heteroatoms. The van der Waals surface area contributed by atoms with E-state index in [4.69, 9.17) is 5.11 Å². The third kappa shape index (κ3) is 9.60. The van der Waals surface area contributed by atoms with E-state index in [1.165, 1.54) is 18.7 Å². The number of carbonyl (C=O) groups excluding carboxylic acids is 1. The lowest BCUT2D eigenvalue weighted by molar-refractivity contribution is -0.139. The van der Waals surface area contributed by atoms with Gasteiger partial charge < -0.3 is 15.7 Å². The minimum atomic E-state index is -3.19. The number of hydrogen-bond acceptors (Lipinski definition) is 5. The van der Waals surface area contributed by atoms with E-state index in [1.54, 1.807) is 0 Å². The molecule has 0 rings (SSSR count). The number of hydrogen-bond donors (Lipinski definition) is 3. The molecule has 0 aliphatic rings. The van der Waals surface area contributed by atoms with E-state index in [9.17, 15) is 18.0 Å². The average molecular weight is 312 g/mol. The van der Waals surface area contributed by atoms with E-state index >= 15 is 0 Å². The second-order valence-electron chi connectivity index (χ2n) is 4.28. The zero-order chi connectivity index (χ0) is 15.1. The first-order chi connectivity index (χ1) is 8.65. The number of thioether (sulfide) groups is 1. The number of carboxylic acids is 1. The van der Waals surface area contributed by atoms with Crippen LogP contribution >= 0.6 is 11.8 Å². The fourth-order valence-electron chi connectivity index (χ4n) is 1.41. The Hall–Kier alpha value is -0.960. The average Bonchev–Trinajstić information content (AvgIpc) is 2.20. The number of nitrogens with one attached hydrogen (secondary N) is 2. The number of aliphatic carboxylic acids is 1. The molecule has 7 nitrogen and oxygen atoms in total. The van der Waals surface area contributed by atoms with Gasteiger partial charge in [0.15, 0.2) is 0 Å². The normalized spacial score (nSPS) is 14.5. The molecule has 2 amide bonds. The van der Waals surface area contributed by atoms with Gasteiger partial charge in [0.1, 0.15) is 15.9 Å². The van der Waals surface area contributed by atoms with Gasteiger partial charge in [-0.15, -0.1) is 0 Å². The molecule has 0 saturated heterocycles. The van der Waals surface area contributed by atoms with E-state index in [-0.39, 0.29) is 5.75 Å². The maximum Gasteiger partial charge on any atom is 0.326 e. The molecule has 0 radical (unpaired) electrons. The first-order valence-corrected chi connectivity index (χ1v) is 9.07. The monoisotopic (exact) mass is 312 g/mol. The molecule has 0 aliphatic carbocycles. The SMILES string of the molecule is CSCCC(NC(=O)NC(C)CS(C)(=O)=O)C(=O)O. The summed E-state index contributed by atoms with van der Waals surface area (Å²) in [5.74, 6) is -0.695. The Labute approximate surface area is 117 Å². The molecule has 0 spiro atoms. The zero-order valence-electron chi connectivity index (χ0n) is 11.2.